The lowest BCUT2D eigenvalue weighted by Gasteiger charge is -2.22. The van der Waals surface area contributed by atoms with E-state index in [0.29, 0.717) is 5.92 Å². The van der Waals surface area contributed by atoms with Gasteiger partial charge in [0.25, 0.3) is 0 Å². The van der Waals surface area contributed by atoms with Crippen LogP contribution in [0.15, 0.2) is 182 Å². The van der Waals surface area contributed by atoms with Gasteiger partial charge in [0, 0.05) is 28.9 Å². The molecule has 2 heteroatoms. The molecule has 9 aromatic rings. The zero-order valence-corrected chi connectivity index (χ0v) is 29.0. The van der Waals surface area contributed by atoms with E-state index in [4.69, 9.17) is 0 Å². The molecule has 0 spiro atoms. The highest BCUT2D eigenvalue weighted by Crippen LogP contribution is 2.45. The molecule has 52 heavy (non-hydrogen) atoms. The number of allylic oxidation sites excluding steroid dienone is 4. The van der Waals surface area contributed by atoms with Crippen molar-refractivity contribution >= 4 is 48.9 Å². The van der Waals surface area contributed by atoms with E-state index in [9.17, 15) is 0 Å². The summed E-state index contributed by atoms with van der Waals surface area (Å²) in [5.41, 5.74) is 13.6. The standard InChI is InChI=1S/C50H36N2/c1-33-12-9-18-39(28-33)50-43-22-6-5-21-42(43)49(34-13-3-2-4-14-34)44-25-24-38(31-45(44)50)36-16-10-15-35(29-36)37-17-11-19-40(30-37)52-47-23-8-7-20-41(47)46-32-51-27-26-48(46)52/h2-27,29-33H,28H2,1H3. The lowest BCUT2D eigenvalue weighted by atomic mass is 9.81. The molecule has 1 unspecified atom stereocenters. The van der Waals surface area contributed by atoms with Crippen LogP contribution in [0.5, 0.6) is 0 Å². The molecule has 1 aliphatic carbocycles. The Morgan fingerprint density at radius 3 is 1.94 bits per heavy atom. The molecule has 1 atom stereocenters. The number of para-hydroxylation sites is 1. The molecule has 246 valence electrons. The van der Waals surface area contributed by atoms with Gasteiger partial charge in [0.2, 0.25) is 0 Å². The maximum atomic E-state index is 4.44. The summed E-state index contributed by atoms with van der Waals surface area (Å²) in [7, 11) is 0. The van der Waals surface area contributed by atoms with Crippen LogP contribution in [0.2, 0.25) is 0 Å². The van der Waals surface area contributed by atoms with Gasteiger partial charge in [-0.2, -0.15) is 0 Å². The molecular weight excluding hydrogens is 629 g/mol. The highest BCUT2D eigenvalue weighted by atomic mass is 15.0. The molecule has 0 aliphatic heterocycles. The molecule has 0 N–H and O–H groups in total. The summed E-state index contributed by atoms with van der Waals surface area (Å²) in [6.45, 7) is 2.32. The summed E-state index contributed by atoms with van der Waals surface area (Å²) >= 11 is 0. The first-order valence-electron chi connectivity index (χ1n) is 18.2. The number of fused-ring (bicyclic) bond motifs is 5. The average Bonchev–Trinajstić information content (AvgIpc) is 3.54. The third-order valence-corrected chi connectivity index (χ3v) is 10.8. The number of hydrogen-bond donors (Lipinski definition) is 0. The van der Waals surface area contributed by atoms with Crippen molar-refractivity contribution in [1.29, 1.82) is 0 Å². The highest BCUT2D eigenvalue weighted by Gasteiger charge is 2.20. The Bertz CT molecular complexity index is 2840. The van der Waals surface area contributed by atoms with Gasteiger partial charge in [-0.3, -0.25) is 4.98 Å². The van der Waals surface area contributed by atoms with Crippen molar-refractivity contribution in [3.8, 4) is 39.1 Å². The minimum atomic E-state index is 0.498. The van der Waals surface area contributed by atoms with Gasteiger partial charge in [0.15, 0.2) is 0 Å². The second kappa shape index (κ2) is 12.4. The van der Waals surface area contributed by atoms with E-state index in [-0.39, 0.29) is 0 Å². The molecule has 0 fully saturated rings. The van der Waals surface area contributed by atoms with Crippen molar-refractivity contribution in [3.63, 3.8) is 0 Å². The van der Waals surface area contributed by atoms with Crippen molar-refractivity contribution in [2.45, 2.75) is 13.3 Å². The second-order valence-electron chi connectivity index (χ2n) is 14.1. The Balaban J connectivity index is 1.15. The normalized spacial score (nSPS) is 14.4. The largest absolute Gasteiger partial charge is 0.309 e. The average molecular weight is 665 g/mol. The van der Waals surface area contributed by atoms with Gasteiger partial charge >= 0.3 is 0 Å². The molecule has 2 heterocycles. The zero-order chi connectivity index (χ0) is 34.6. The van der Waals surface area contributed by atoms with Gasteiger partial charge in [-0.1, -0.05) is 140 Å². The fourth-order valence-corrected chi connectivity index (χ4v) is 8.45. The fourth-order valence-electron chi connectivity index (χ4n) is 8.45. The van der Waals surface area contributed by atoms with E-state index in [2.05, 4.69) is 186 Å². The molecule has 0 saturated carbocycles. The number of benzene rings is 7. The van der Waals surface area contributed by atoms with Gasteiger partial charge in [-0.25, -0.2) is 0 Å². The number of pyridine rings is 1. The Hall–Kier alpha value is -6.51. The van der Waals surface area contributed by atoms with E-state index in [0.717, 1.165) is 17.6 Å². The maximum absolute atomic E-state index is 4.44. The summed E-state index contributed by atoms with van der Waals surface area (Å²) < 4.78 is 2.36. The molecule has 1 aliphatic rings. The Morgan fingerprint density at radius 1 is 0.500 bits per heavy atom. The van der Waals surface area contributed by atoms with Crippen molar-refractivity contribution in [2.75, 3.05) is 0 Å². The van der Waals surface area contributed by atoms with Gasteiger partial charge in [-0.05, 0) is 115 Å². The quantitative estimate of drug-likeness (QED) is 0.167. The van der Waals surface area contributed by atoms with Gasteiger partial charge in [-0.15, -0.1) is 0 Å². The summed E-state index contributed by atoms with van der Waals surface area (Å²) in [6, 6.07) is 55.6. The third kappa shape index (κ3) is 4.99. The van der Waals surface area contributed by atoms with Crippen molar-refractivity contribution in [1.82, 2.24) is 9.55 Å². The predicted octanol–water partition coefficient (Wildman–Crippen LogP) is 13.5. The van der Waals surface area contributed by atoms with E-state index >= 15 is 0 Å². The summed E-state index contributed by atoms with van der Waals surface area (Å²) in [5, 5.41) is 7.58. The van der Waals surface area contributed by atoms with Crippen molar-refractivity contribution < 1.29 is 0 Å². The Morgan fingerprint density at radius 2 is 1.13 bits per heavy atom. The van der Waals surface area contributed by atoms with Crippen LogP contribution < -0.4 is 0 Å². The monoisotopic (exact) mass is 664 g/mol. The summed E-state index contributed by atoms with van der Waals surface area (Å²) in [6.07, 6.45) is 11.8. The lowest BCUT2D eigenvalue weighted by Crippen LogP contribution is -2.00. The SMILES string of the molecule is CC1C=CC=C(c2c3ccccc3c(-c3ccccc3)c3ccc(-c4cccc(-c5cccc(-n6c7ccccc7c7cnccc76)c5)c4)cc23)C1. The van der Waals surface area contributed by atoms with Crippen LogP contribution in [-0.4, -0.2) is 9.55 Å². The molecule has 0 radical (unpaired) electrons. The number of aromatic nitrogens is 2. The first-order valence-corrected chi connectivity index (χ1v) is 18.2. The van der Waals surface area contributed by atoms with Crippen LogP contribution in [0.4, 0.5) is 0 Å². The van der Waals surface area contributed by atoms with Crippen LogP contribution in [0.1, 0.15) is 18.9 Å². The van der Waals surface area contributed by atoms with E-state index in [1.54, 1.807) is 0 Å². The van der Waals surface area contributed by atoms with Crippen LogP contribution in [-0.2, 0) is 0 Å². The second-order valence-corrected chi connectivity index (χ2v) is 14.1. The minimum absolute atomic E-state index is 0.498. The minimum Gasteiger partial charge on any atom is -0.309 e. The fraction of sp³-hybridized carbons (Fsp3) is 0.0600. The summed E-state index contributed by atoms with van der Waals surface area (Å²) in [4.78, 5) is 4.44. The lowest BCUT2D eigenvalue weighted by molar-refractivity contribution is 0.750. The maximum Gasteiger partial charge on any atom is 0.0571 e. The molecule has 0 amide bonds. The number of rotatable bonds is 5. The van der Waals surface area contributed by atoms with Crippen molar-refractivity contribution in [3.05, 3.63) is 188 Å². The molecule has 0 bridgehead atoms. The first-order chi connectivity index (χ1) is 25.7. The van der Waals surface area contributed by atoms with Gasteiger partial charge < -0.3 is 4.57 Å². The molecular formula is C50H36N2. The number of nitrogens with zero attached hydrogens (tertiary/aromatic N) is 2. The molecule has 10 rings (SSSR count). The molecule has 2 aromatic heterocycles. The third-order valence-electron chi connectivity index (χ3n) is 10.8. The zero-order valence-electron chi connectivity index (χ0n) is 29.0. The molecule has 2 nitrogen and oxygen atoms in total. The Labute approximate surface area is 303 Å². The highest BCUT2D eigenvalue weighted by molar-refractivity contribution is 6.19. The van der Waals surface area contributed by atoms with Crippen LogP contribution in [0, 0.1) is 5.92 Å². The first kappa shape index (κ1) is 30.3. The molecule has 7 aromatic carbocycles. The van der Waals surface area contributed by atoms with Gasteiger partial charge in [0.05, 0.1) is 11.0 Å². The van der Waals surface area contributed by atoms with E-state index in [1.807, 2.05) is 12.4 Å². The van der Waals surface area contributed by atoms with Gasteiger partial charge in [0.1, 0.15) is 0 Å². The molecule has 0 saturated heterocycles. The van der Waals surface area contributed by atoms with E-state index < -0.39 is 0 Å². The van der Waals surface area contributed by atoms with Crippen LogP contribution >= 0.6 is 0 Å². The smallest absolute Gasteiger partial charge is 0.0571 e. The predicted molar refractivity (Wildman–Crippen MR) is 221 cm³/mol. The number of hydrogen-bond acceptors (Lipinski definition) is 1. The summed E-state index contributed by atoms with van der Waals surface area (Å²) in [5.74, 6) is 0.498. The van der Waals surface area contributed by atoms with E-state index in [1.165, 1.54) is 82.4 Å². The van der Waals surface area contributed by atoms with Crippen LogP contribution in [0.25, 0.3) is 88.0 Å². The van der Waals surface area contributed by atoms with Crippen LogP contribution in [0.3, 0.4) is 0 Å². The Kier molecular flexibility index (Phi) is 7.21. The van der Waals surface area contributed by atoms with Crippen molar-refractivity contribution in [2.24, 2.45) is 5.92 Å². The topological polar surface area (TPSA) is 17.8 Å².